The van der Waals surface area contributed by atoms with Crippen LogP contribution in [0.1, 0.15) is 23.3 Å². The number of hydrogen-bond donors (Lipinski definition) is 3. The Labute approximate surface area is 111 Å². The molecule has 0 radical (unpaired) electrons. The molecule has 0 saturated carbocycles. The fourth-order valence-corrected chi connectivity index (χ4v) is 1.42. The molecule has 0 atom stereocenters. The van der Waals surface area contributed by atoms with Crippen LogP contribution < -0.4 is 10.6 Å². The van der Waals surface area contributed by atoms with E-state index in [-0.39, 0.29) is 11.4 Å². The van der Waals surface area contributed by atoms with Crippen LogP contribution in [0, 0.1) is 0 Å². The number of carboxylic acids is 1. The molecule has 0 aliphatic rings. The van der Waals surface area contributed by atoms with E-state index in [9.17, 15) is 9.59 Å². The molecular weight excluding hydrogens is 250 g/mol. The molecule has 0 saturated heterocycles. The Morgan fingerprint density at radius 2 is 2.21 bits per heavy atom. The standard InChI is InChI=1S/C12H17N3O4/c1-19-8-3-2-6-14-12(18)15-9-5-4-7-13-10(9)11(16)17/h4-5,7H,2-3,6,8H2,1H3,(H,16,17)(H2,14,15,18). The lowest BCUT2D eigenvalue weighted by Gasteiger charge is -2.08. The molecule has 1 aromatic rings. The summed E-state index contributed by atoms with van der Waals surface area (Å²) >= 11 is 0. The molecule has 1 aromatic heterocycles. The number of aromatic carboxylic acids is 1. The van der Waals surface area contributed by atoms with Crippen molar-refractivity contribution in [3.63, 3.8) is 0 Å². The number of carbonyl (C=O) groups is 2. The van der Waals surface area contributed by atoms with Crippen molar-refractivity contribution in [2.45, 2.75) is 12.8 Å². The number of methoxy groups -OCH3 is 1. The molecule has 7 nitrogen and oxygen atoms in total. The fraction of sp³-hybridized carbons (Fsp3) is 0.417. The van der Waals surface area contributed by atoms with Crippen molar-refractivity contribution in [3.8, 4) is 0 Å². The highest BCUT2D eigenvalue weighted by Crippen LogP contribution is 2.11. The van der Waals surface area contributed by atoms with E-state index < -0.39 is 12.0 Å². The molecule has 7 heteroatoms. The van der Waals surface area contributed by atoms with Gasteiger partial charge >= 0.3 is 12.0 Å². The summed E-state index contributed by atoms with van der Waals surface area (Å²) in [5.41, 5.74) is -0.0126. The van der Waals surface area contributed by atoms with Crippen molar-refractivity contribution < 1.29 is 19.4 Å². The van der Waals surface area contributed by atoms with Crippen molar-refractivity contribution in [3.05, 3.63) is 24.0 Å². The van der Waals surface area contributed by atoms with E-state index in [2.05, 4.69) is 15.6 Å². The Morgan fingerprint density at radius 3 is 2.89 bits per heavy atom. The van der Waals surface area contributed by atoms with Crippen LogP contribution in [0.3, 0.4) is 0 Å². The van der Waals surface area contributed by atoms with Gasteiger partial charge in [-0.2, -0.15) is 0 Å². The van der Waals surface area contributed by atoms with Gasteiger partial charge in [0, 0.05) is 26.5 Å². The Kier molecular flexibility index (Phi) is 6.31. The van der Waals surface area contributed by atoms with Crippen LogP contribution >= 0.6 is 0 Å². The maximum Gasteiger partial charge on any atom is 0.356 e. The molecule has 19 heavy (non-hydrogen) atoms. The number of nitrogens with zero attached hydrogens (tertiary/aromatic N) is 1. The first-order chi connectivity index (χ1) is 9.15. The highest BCUT2D eigenvalue weighted by Gasteiger charge is 2.12. The molecule has 2 amide bonds. The number of anilines is 1. The van der Waals surface area contributed by atoms with E-state index in [1.807, 2.05) is 0 Å². The van der Waals surface area contributed by atoms with Crippen LogP contribution in [-0.2, 0) is 4.74 Å². The third-order valence-electron chi connectivity index (χ3n) is 2.32. The maximum atomic E-state index is 11.5. The van der Waals surface area contributed by atoms with Crippen molar-refractivity contribution in [1.82, 2.24) is 10.3 Å². The van der Waals surface area contributed by atoms with E-state index in [0.29, 0.717) is 13.2 Å². The highest BCUT2D eigenvalue weighted by molar-refractivity contribution is 5.98. The summed E-state index contributed by atoms with van der Waals surface area (Å²) in [4.78, 5) is 26.1. The van der Waals surface area contributed by atoms with Gasteiger partial charge in [0.1, 0.15) is 0 Å². The maximum absolute atomic E-state index is 11.5. The predicted octanol–water partition coefficient (Wildman–Crippen LogP) is 1.33. The summed E-state index contributed by atoms with van der Waals surface area (Å²) in [5.74, 6) is -1.18. The van der Waals surface area contributed by atoms with Crippen LogP contribution in [0.2, 0.25) is 0 Å². The van der Waals surface area contributed by atoms with Gasteiger partial charge in [-0.15, -0.1) is 0 Å². The summed E-state index contributed by atoms with van der Waals surface area (Å²) < 4.78 is 4.88. The molecule has 0 aromatic carbocycles. The van der Waals surface area contributed by atoms with Crippen molar-refractivity contribution >= 4 is 17.7 Å². The third kappa shape index (κ3) is 5.35. The first kappa shape index (κ1) is 14.9. The largest absolute Gasteiger partial charge is 0.476 e. The number of hydrogen-bond acceptors (Lipinski definition) is 4. The van der Waals surface area contributed by atoms with Gasteiger partial charge in [0.2, 0.25) is 0 Å². The van der Waals surface area contributed by atoms with Gasteiger partial charge in [-0.25, -0.2) is 14.6 Å². The number of rotatable bonds is 7. The molecule has 0 fully saturated rings. The van der Waals surface area contributed by atoms with Gasteiger partial charge in [-0.3, -0.25) is 0 Å². The number of urea groups is 1. The van der Waals surface area contributed by atoms with Crippen molar-refractivity contribution in [2.75, 3.05) is 25.6 Å². The number of carboxylic acid groups (broad SMARTS) is 1. The average molecular weight is 267 g/mol. The second-order valence-electron chi connectivity index (χ2n) is 3.79. The summed E-state index contributed by atoms with van der Waals surface area (Å²) in [6.45, 7) is 1.15. The van der Waals surface area contributed by atoms with E-state index >= 15 is 0 Å². The first-order valence-corrected chi connectivity index (χ1v) is 5.87. The molecule has 0 unspecified atom stereocenters. The van der Waals surface area contributed by atoms with Crippen LogP contribution in [0.4, 0.5) is 10.5 Å². The number of nitrogens with one attached hydrogen (secondary N) is 2. The van der Waals surface area contributed by atoms with Crippen LogP contribution in [-0.4, -0.2) is 42.4 Å². The Hall–Kier alpha value is -2.15. The van der Waals surface area contributed by atoms with Crippen LogP contribution in [0.5, 0.6) is 0 Å². The molecular formula is C12H17N3O4. The summed E-state index contributed by atoms with van der Waals surface area (Å²) in [6, 6.07) is 2.59. The minimum absolute atomic E-state index is 0.171. The van der Waals surface area contributed by atoms with Gasteiger partial charge < -0.3 is 20.5 Å². The van der Waals surface area contributed by atoms with E-state index in [1.165, 1.54) is 12.3 Å². The molecule has 3 N–H and O–H groups in total. The Balaban J connectivity index is 2.42. The van der Waals surface area contributed by atoms with Gasteiger partial charge in [0.05, 0.1) is 5.69 Å². The SMILES string of the molecule is COCCCCNC(=O)Nc1cccnc1C(=O)O. The highest BCUT2D eigenvalue weighted by atomic mass is 16.5. The van der Waals surface area contributed by atoms with Gasteiger partial charge in [-0.05, 0) is 25.0 Å². The molecule has 1 rings (SSSR count). The lowest BCUT2D eigenvalue weighted by molar-refractivity contribution is 0.0691. The normalized spacial score (nSPS) is 9.95. The second-order valence-corrected chi connectivity index (χ2v) is 3.79. The Bertz CT molecular complexity index is 437. The van der Waals surface area contributed by atoms with E-state index in [1.54, 1.807) is 13.2 Å². The van der Waals surface area contributed by atoms with E-state index in [4.69, 9.17) is 9.84 Å². The predicted molar refractivity (Wildman–Crippen MR) is 69.3 cm³/mol. The topological polar surface area (TPSA) is 101 Å². The van der Waals surface area contributed by atoms with Crippen molar-refractivity contribution in [2.24, 2.45) is 0 Å². The number of amides is 2. The zero-order chi connectivity index (χ0) is 14.1. The Morgan fingerprint density at radius 1 is 1.42 bits per heavy atom. The molecule has 0 spiro atoms. The zero-order valence-corrected chi connectivity index (χ0v) is 10.7. The van der Waals surface area contributed by atoms with Crippen molar-refractivity contribution in [1.29, 1.82) is 0 Å². The smallest absolute Gasteiger partial charge is 0.356 e. The molecule has 0 aliphatic carbocycles. The number of aromatic nitrogens is 1. The first-order valence-electron chi connectivity index (χ1n) is 5.87. The summed E-state index contributed by atoms with van der Waals surface area (Å²) in [7, 11) is 1.62. The number of pyridine rings is 1. The van der Waals surface area contributed by atoms with Crippen LogP contribution in [0.25, 0.3) is 0 Å². The van der Waals surface area contributed by atoms with E-state index in [0.717, 1.165) is 12.8 Å². The van der Waals surface area contributed by atoms with Crippen LogP contribution in [0.15, 0.2) is 18.3 Å². The number of unbranched alkanes of at least 4 members (excludes halogenated alkanes) is 1. The molecule has 0 bridgehead atoms. The number of ether oxygens (including phenoxy) is 1. The zero-order valence-electron chi connectivity index (χ0n) is 10.7. The number of carbonyl (C=O) groups excluding carboxylic acids is 1. The molecule has 0 aliphatic heterocycles. The monoisotopic (exact) mass is 267 g/mol. The van der Waals surface area contributed by atoms with Gasteiger partial charge in [0.25, 0.3) is 0 Å². The summed E-state index contributed by atoms with van der Waals surface area (Å²) in [5, 5.41) is 14.0. The minimum atomic E-state index is -1.18. The lowest BCUT2D eigenvalue weighted by atomic mass is 10.3. The molecule has 1 heterocycles. The third-order valence-corrected chi connectivity index (χ3v) is 2.32. The minimum Gasteiger partial charge on any atom is -0.476 e. The summed E-state index contributed by atoms with van der Waals surface area (Å²) in [6.07, 6.45) is 3.00. The molecule has 104 valence electrons. The second kappa shape index (κ2) is 8.04. The lowest BCUT2D eigenvalue weighted by Crippen LogP contribution is -2.30. The van der Waals surface area contributed by atoms with Gasteiger partial charge in [0.15, 0.2) is 5.69 Å². The average Bonchev–Trinajstić information content (AvgIpc) is 2.39. The fourth-order valence-electron chi connectivity index (χ4n) is 1.42. The van der Waals surface area contributed by atoms with Gasteiger partial charge in [-0.1, -0.05) is 0 Å². The quantitative estimate of drug-likeness (QED) is 0.647.